The molecule has 0 bridgehead atoms. The quantitative estimate of drug-likeness (QED) is 0.730. The molecule has 4 nitrogen and oxygen atoms in total. The Kier molecular flexibility index (Phi) is 6.92. The Bertz CT molecular complexity index is 230. The number of amides is 1. The van der Waals surface area contributed by atoms with Crippen LogP contribution in [-0.2, 0) is 4.79 Å². The van der Waals surface area contributed by atoms with Crippen molar-refractivity contribution in [1.82, 2.24) is 10.2 Å². The monoisotopic (exact) mass is 259 g/mol. The van der Waals surface area contributed by atoms with Crippen molar-refractivity contribution in [2.24, 2.45) is 11.7 Å². The van der Waals surface area contributed by atoms with Crippen molar-refractivity contribution >= 4 is 17.7 Å². The fraction of sp³-hybridized carbons (Fsp3) is 0.917. The maximum absolute atomic E-state index is 11.7. The van der Waals surface area contributed by atoms with Gasteiger partial charge in [-0.25, -0.2) is 0 Å². The molecule has 0 aromatic carbocycles. The molecule has 0 radical (unpaired) electrons. The second-order valence-electron chi connectivity index (χ2n) is 4.98. The Balaban J connectivity index is 2.10. The zero-order valence-corrected chi connectivity index (χ0v) is 11.8. The molecule has 1 heterocycles. The number of carbonyl (C=O) groups is 1. The summed E-state index contributed by atoms with van der Waals surface area (Å²) in [5, 5.41) is 2.92. The lowest BCUT2D eigenvalue weighted by Crippen LogP contribution is -2.45. The normalized spacial score (nSPS) is 19.3. The average molecular weight is 259 g/mol. The first-order chi connectivity index (χ1) is 8.09. The molecule has 17 heavy (non-hydrogen) atoms. The van der Waals surface area contributed by atoms with Gasteiger partial charge in [-0.3, -0.25) is 9.69 Å². The van der Waals surface area contributed by atoms with Gasteiger partial charge in [0.25, 0.3) is 0 Å². The molecule has 0 aromatic heterocycles. The third-order valence-electron chi connectivity index (χ3n) is 2.89. The van der Waals surface area contributed by atoms with Crippen molar-refractivity contribution in [3.8, 4) is 0 Å². The van der Waals surface area contributed by atoms with E-state index in [9.17, 15) is 4.79 Å². The van der Waals surface area contributed by atoms with E-state index in [1.54, 1.807) is 0 Å². The zero-order valence-electron chi connectivity index (χ0n) is 10.9. The highest BCUT2D eigenvalue weighted by molar-refractivity contribution is 7.99. The van der Waals surface area contributed by atoms with Crippen LogP contribution in [0.2, 0.25) is 0 Å². The minimum atomic E-state index is -0.355. The number of hydrogen-bond acceptors (Lipinski definition) is 4. The van der Waals surface area contributed by atoms with Crippen LogP contribution in [0.4, 0.5) is 0 Å². The van der Waals surface area contributed by atoms with Crippen LogP contribution in [0.5, 0.6) is 0 Å². The summed E-state index contributed by atoms with van der Waals surface area (Å²) < 4.78 is 0. The number of nitrogens with two attached hydrogens (primary N) is 1. The van der Waals surface area contributed by atoms with E-state index in [0.717, 1.165) is 32.6 Å². The van der Waals surface area contributed by atoms with Gasteiger partial charge in [0, 0.05) is 37.7 Å². The SMILES string of the molecule is CC(C)CC(N)C(=O)NCCN1CCSCC1. The molecule has 0 aromatic rings. The molecule has 0 spiro atoms. The van der Waals surface area contributed by atoms with Gasteiger partial charge in [0.1, 0.15) is 0 Å². The highest BCUT2D eigenvalue weighted by Crippen LogP contribution is 2.08. The largest absolute Gasteiger partial charge is 0.353 e. The van der Waals surface area contributed by atoms with Crippen LogP contribution < -0.4 is 11.1 Å². The zero-order chi connectivity index (χ0) is 12.7. The summed E-state index contributed by atoms with van der Waals surface area (Å²) in [6, 6.07) is -0.355. The Hall–Kier alpha value is -0.260. The third kappa shape index (κ3) is 6.29. The fourth-order valence-electron chi connectivity index (χ4n) is 1.91. The van der Waals surface area contributed by atoms with Crippen LogP contribution >= 0.6 is 11.8 Å². The molecule has 5 heteroatoms. The second-order valence-corrected chi connectivity index (χ2v) is 6.21. The van der Waals surface area contributed by atoms with Gasteiger partial charge in [-0.1, -0.05) is 13.8 Å². The first-order valence-electron chi connectivity index (χ1n) is 6.43. The fourth-order valence-corrected chi connectivity index (χ4v) is 2.89. The van der Waals surface area contributed by atoms with Gasteiger partial charge in [-0.2, -0.15) is 11.8 Å². The van der Waals surface area contributed by atoms with Crippen molar-refractivity contribution in [1.29, 1.82) is 0 Å². The lowest BCUT2D eigenvalue weighted by Gasteiger charge is -2.26. The van der Waals surface area contributed by atoms with Gasteiger partial charge in [0.15, 0.2) is 0 Å². The minimum Gasteiger partial charge on any atom is -0.353 e. The third-order valence-corrected chi connectivity index (χ3v) is 3.84. The molecule has 0 aliphatic carbocycles. The molecule has 1 aliphatic rings. The van der Waals surface area contributed by atoms with Crippen LogP contribution in [0.1, 0.15) is 20.3 Å². The van der Waals surface area contributed by atoms with E-state index < -0.39 is 0 Å². The van der Waals surface area contributed by atoms with Gasteiger partial charge >= 0.3 is 0 Å². The van der Waals surface area contributed by atoms with Gasteiger partial charge in [-0.05, 0) is 12.3 Å². The smallest absolute Gasteiger partial charge is 0.236 e. The van der Waals surface area contributed by atoms with Crippen LogP contribution in [0.15, 0.2) is 0 Å². The van der Waals surface area contributed by atoms with Gasteiger partial charge < -0.3 is 11.1 Å². The van der Waals surface area contributed by atoms with Gasteiger partial charge in [-0.15, -0.1) is 0 Å². The predicted molar refractivity (Wildman–Crippen MR) is 74.2 cm³/mol. The number of rotatable bonds is 6. The molecule has 1 saturated heterocycles. The summed E-state index contributed by atoms with van der Waals surface area (Å²) in [5.74, 6) is 2.88. The average Bonchev–Trinajstić information content (AvgIpc) is 2.29. The topological polar surface area (TPSA) is 58.4 Å². The van der Waals surface area contributed by atoms with Crippen molar-refractivity contribution in [2.75, 3.05) is 37.7 Å². The standard InChI is InChI=1S/C12H25N3OS/c1-10(2)9-11(13)12(16)14-3-4-15-5-7-17-8-6-15/h10-11H,3-9,13H2,1-2H3,(H,14,16). The van der Waals surface area contributed by atoms with E-state index in [1.165, 1.54) is 11.5 Å². The molecular formula is C12H25N3OS. The summed E-state index contributed by atoms with van der Waals surface area (Å²) in [6.45, 7) is 8.10. The lowest BCUT2D eigenvalue weighted by atomic mass is 10.0. The second kappa shape index (κ2) is 7.95. The first kappa shape index (κ1) is 14.8. The Morgan fingerprint density at radius 2 is 2.06 bits per heavy atom. The van der Waals surface area contributed by atoms with Gasteiger partial charge in [0.2, 0.25) is 5.91 Å². The Labute approximate surface area is 109 Å². The molecule has 1 rings (SSSR count). The van der Waals surface area contributed by atoms with Crippen LogP contribution in [0, 0.1) is 5.92 Å². The predicted octanol–water partition coefficient (Wildman–Crippen LogP) is 0.525. The molecule has 3 N–H and O–H groups in total. The first-order valence-corrected chi connectivity index (χ1v) is 7.58. The number of carbonyl (C=O) groups excluding carboxylic acids is 1. The highest BCUT2D eigenvalue weighted by atomic mass is 32.2. The van der Waals surface area contributed by atoms with Crippen LogP contribution in [0.25, 0.3) is 0 Å². The number of nitrogens with zero attached hydrogens (tertiary/aromatic N) is 1. The molecule has 0 saturated carbocycles. The van der Waals surface area contributed by atoms with E-state index >= 15 is 0 Å². The summed E-state index contributed by atoms with van der Waals surface area (Å²) in [6.07, 6.45) is 0.756. The molecule has 100 valence electrons. The number of nitrogens with one attached hydrogen (secondary N) is 1. The highest BCUT2D eigenvalue weighted by Gasteiger charge is 2.15. The molecule has 1 unspecified atom stereocenters. The van der Waals surface area contributed by atoms with E-state index in [-0.39, 0.29) is 11.9 Å². The number of thioether (sulfide) groups is 1. The summed E-state index contributed by atoms with van der Waals surface area (Å²) in [4.78, 5) is 14.1. The lowest BCUT2D eigenvalue weighted by molar-refractivity contribution is -0.122. The molecule has 1 atom stereocenters. The molecule has 1 amide bonds. The van der Waals surface area contributed by atoms with Crippen LogP contribution in [-0.4, -0.2) is 54.5 Å². The van der Waals surface area contributed by atoms with E-state index in [4.69, 9.17) is 5.73 Å². The van der Waals surface area contributed by atoms with Crippen molar-refractivity contribution in [2.45, 2.75) is 26.3 Å². The van der Waals surface area contributed by atoms with E-state index in [2.05, 4.69) is 24.1 Å². The number of hydrogen-bond donors (Lipinski definition) is 2. The summed E-state index contributed by atoms with van der Waals surface area (Å²) in [5.41, 5.74) is 5.81. The summed E-state index contributed by atoms with van der Waals surface area (Å²) in [7, 11) is 0. The maximum Gasteiger partial charge on any atom is 0.236 e. The Morgan fingerprint density at radius 3 is 2.65 bits per heavy atom. The van der Waals surface area contributed by atoms with Crippen LogP contribution in [0.3, 0.4) is 0 Å². The Morgan fingerprint density at radius 1 is 1.41 bits per heavy atom. The van der Waals surface area contributed by atoms with E-state index in [1.807, 2.05) is 11.8 Å². The van der Waals surface area contributed by atoms with Crippen molar-refractivity contribution in [3.05, 3.63) is 0 Å². The maximum atomic E-state index is 11.7. The molecule has 1 aliphatic heterocycles. The minimum absolute atomic E-state index is 0.00918. The van der Waals surface area contributed by atoms with Crippen molar-refractivity contribution < 1.29 is 4.79 Å². The molecule has 1 fully saturated rings. The van der Waals surface area contributed by atoms with Gasteiger partial charge in [0.05, 0.1) is 6.04 Å². The van der Waals surface area contributed by atoms with E-state index in [0.29, 0.717) is 5.92 Å². The van der Waals surface area contributed by atoms with Crippen molar-refractivity contribution in [3.63, 3.8) is 0 Å². The summed E-state index contributed by atoms with van der Waals surface area (Å²) >= 11 is 2.00. The molecular weight excluding hydrogens is 234 g/mol.